The molecule has 3 nitrogen and oxygen atoms in total. The SMILES string of the molecule is CC(C)(C)NCc1ccnc(N)c1F. The Morgan fingerprint density at radius 2 is 2.14 bits per heavy atom. The molecule has 0 saturated heterocycles. The van der Waals surface area contributed by atoms with Crippen LogP contribution in [0.1, 0.15) is 26.3 Å². The van der Waals surface area contributed by atoms with Crippen LogP contribution in [-0.4, -0.2) is 10.5 Å². The largest absolute Gasteiger partial charge is 0.381 e. The third kappa shape index (κ3) is 2.96. The van der Waals surface area contributed by atoms with E-state index >= 15 is 0 Å². The van der Waals surface area contributed by atoms with Crippen LogP contribution in [-0.2, 0) is 6.54 Å². The minimum atomic E-state index is -0.427. The molecule has 0 bridgehead atoms. The smallest absolute Gasteiger partial charge is 0.169 e. The minimum absolute atomic E-state index is 0.0372. The van der Waals surface area contributed by atoms with Crippen molar-refractivity contribution >= 4 is 5.82 Å². The van der Waals surface area contributed by atoms with E-state index in [2.05, 4.69) is 10.3 Å². The number of nitrogen functional groups attached to an aromatic ring is 1. The molecule has 0 fully saturated rings. The van der Waals surface area contributed by atoms with E-state index in [1.54, 1.807) is 6.07 Å². The van der Waals surface area contributed by atoms with Gasteiger partial charge in [-0.15, -0.1) is 0 Å². The van der Waals surface area contributed by atoms with Gasteiger partial charge in [-0.1, -0.05) is 0 Å². The lowest BCUT2D eigenvalue weighted by Crippen LogP contribution is -2.35. The highest BCUT2D eigenvalue weighted by Crippen LogP contribution is 2.12. The summed E-state index contributed by atoms with van der Waals surface area (Å²) in [5, 5.41) is 3.18. The minimum Gasteiger partial charge on any atom is -0.381 e. The van der Waals surface area contributed by atoms with Crippen LogP contribution in [0, 0.1) is 5.82 Å². The number of nitrogens with zero attached hydrogens (tertiary/aromatic N) is 1. The van der Waals surface area contributed by atoms with Crippen LogP contribution in [0.5, 0.6) is 0 Å². The molecule has 3 N–H and O–H groups in total. The lowest BCUT2D eigenvalue weighted by atomic mass is 10.1. The van der Waals surface area contributed by atoms with Gasteiger partial charge in [0.1, 0.15) is 0 Å². The first kappa shape index (κ1) is 10.9. The Bertz CT molecular complexity index is 318. The van der Waals surface area contributed by atoms with E-state index in [-0.39, 0.29) is 11.4 Å². The molecule has 0 radical (unpaired) electrons. The molecule has 0 aliphatic carbocycles. The highest BCUT2D eigenvalue weighted by atomic mass is 19.1. The van der Waals surface area contributed by atoms with E-state index in [0.717, 1.165) is 0 Å². The van der Waals surface area contributed by atoms with E-state index in [4.69, 9.17) is 5.73 Å². The summed E-state index contributed by atoms with van der Waals surface area (Å²) in [6.45, 7) is 6.53. The van der Waals surface area contributed by atoms with E-state index in [0.29, 0.717) is 12.1 Å². The van der Waals surface area contributed by atoms with Gasteiger partial charge in [0.05, 0.1) is 0 Å². The summed E-state index contributed by atoms with van der Waals surface area (Å²) >= 11 is 0. The number of aromatic nitrogens is 1. The molecule has 0 amide bonds. The Hall–Kier alpha value is -1.16. The number of pyridine rings is 1. The molecule has 1 aromatic rings. The number of hydrogen-bond donors (Lipinski definition) is 2. The van der Waals surface area contributed by atoms with Gasteiger partial charge in [-0.25, -0.2) is 9.37 Å². The molecule has 78 valence electrons. The molecular weight excluding hydrogens is 181 g/mol. The highest BCUT2D eigenvalue weighted by Gasteiger charge is 2.11. The standard InChI is InChI=1S/C10H16FN3/c1-10(2,3)14-6-7-4-5-13-9(12)8(7)11/h4-5,14H,6H2,1-3H3,(H2,12,13). The van der Waals surface area contributed by atoms with Crippen molar-refractivity contribution < 1.29 is 4.39 Å². The summed E-state index contributed by atoms with van der Waals surface area (Å²) in [6, 6.07) is 1.63. The zero-order valence-electron chi connectivity index (χ0n) is 8.76. The number of rotatable bonds is 2. The normalized spacial score (nSPS) is 11.7. The quantitative estimate of drug-likeness (QED) is 0.758. The number of nitrogens with two attached hydrogens (primary N) is 1. The fourth-order valence-corrected chi connectivity index (χ4v) is 0.999. The summed E-state index contributed by atoms with van der Waals surface area (Å²) in [5.41, 5.74) is 5.86. The Kier molecular flexibility index (Phi) is 3.06. The predicted molar refractivity (Wildman–Crippen MR) is 55.2 cm³/mol. The molecule has 1 rings (SSSR count). The van der Waals surface area contributed by atoms with Crippen LogP contribution >= 0.6 is 0 Å². The average molecular weight is 197 g/mol. The molecule has 1 aromatic heterocycles. The molecule has 0 aliphatic rings. The maximum Gasteiger partial charge on any atom is 0.169 e. The predicted octanol–water partition coefficient (Wildman–Crippen LogP) is 1.69. The fourth-order valence-electron chi connectivity index (χ4n) is 0.999. The first-order valence-corrected chi connectivity index (χ1v) is 4.54. The molecule has 0 atom stereocenters. The molecule has 4 heteroatoms. The molecular formula is C10H16FN3. The third-order valence-corrected chi connectivity index (χ3v) is 1.81. The van der Waals surface area contributed by atoms with E-state index < -0.39 is 5.82 Å². The van der Waals surface area contributed by atoms with Crippen LogP contribution in [0.3, 0.4) is 0 Å². The van der Waals surface area contributed by atoms with Crippen molar-refractivity contribution in [2.24, 2.45) is 0 Å². The number of halogens is 1. The van der Waals surface area contributed by atoms with Crippen molar-refractivity contribution in [1.82, 2.24) is 10.3 Å². The summed E-state index contributed by atoms with van der Waals surface area (Å²) < 4.78 is 13.3. The van der Waals surface area contributed by atoms with Gasteiger partial charge in [-0.3, -0.25) is 0 Å². The van der Waals surface area contributed by atoms with Gasteiger partial charge in [0.25, 0.3) is 0 Å². The van der Waals surface area contributed by atoms with Crippen molar-refractivity contribution in [2.75, 3.05) is 5.73 Å². The summed E-state index contributed by atoms with van der Waals surface area (Å²) in [5.74, 6) is -0.470. The van der Waals surface area contributed by atoms with Crippen molar-refractivity contribution in [3.05, 3.63) is 23.6 Å². The Balaban J connectivity index is 2.73. The second-order valence-corrected chi connectivity index (χ2v) is 4.27. The van der Waals surface area contributed by atoms with Gasteiger partial charge in [0, 0.05) is 23.8 Å². The van der Waals surface area contributed by atoms with Gasteiger partial charge >= 0.3 is 0 Å². The van der Waals surface area contributed by atoms with E-state index in [1.165, 1.54) is 6.20 Å². The van der Waals surface area contributed by atoms with Crippen molar-refractivity contribution in [1.29, 1.82) is 0 Å². The molecule has 0 aromatic carbocycles. The highest BCUT2D eigenvalue weighted by molar-refractivity contribution is 5.34. The van der Waals surface area contributed by atoms with Crippen molar-refractivity contribution in [3.8, 4) is 0 Å². The van der Waals surface area contributed by atoms with Gasteiger partial charge in [-0.2, -0.15) is 0 Å². The van der Waals surface area contributed by atoms with Gasteiger partial charge in [-0.05, 0) is 26.8 Å². The van der Waals surface area contributed by atoms with Crippen LogP contribution in [0.4, 0.5) is 10.2 Å². The number of hydrogen-bond acceptors (Lipinski definition) is 3. The fraction of sp³-hybridized carbons (Fsp3) is 0.500. The zero-order chi connectivity index (χ0) is 10.8. The summed E-state index contributed by atoms with van der Waals surface area (Å²) in [7, 11) is 0. The first-order chi connectivity index (χ1) is 6.40. The number of anilines is 1. The Labute approximate surface area is 83.5 Å². The van der Waals surface area contributed by atoms with Crippen LogP contribution in [0.15, 0.2) is 12.3 Å². The van der Waals surface area contributed by atoms with Crippen LogP contribution in [0.2, 0.25) is 0 Å². The topological polar surface area (TPSA) is 50.9 Å². The maximum absolute atomic E-state index is 13.3. The molecule has 0 saturated carbocycles. The molecule has 0 aliphatic heterocycles. The Morgan fingerprint density at radius 3 is 2.71 bits per heavy atom. The molecule has 0 spiro atoms. The van der Waals surface area contributed by atoms with Crippen molar-refractivity contribution in [2.45, 2.75) is 32.9 Å². The first-order valence-electron chi connectivity index (χ1n) is 4.54. The zero-order valence-corrected chi connectivity index (χ0v) is 8.76. The molecule has 14 heavy (non-hydrogen) atoms. The Morgan fingerprint density at radius 1 is 1.50 bits per heavy atom. The summed E-state index contributed by atoms with van der Waals surface area (Å²) in [4.78, 5) is 3.66. The molecule has 1 heterocycles. The van der Waals surface area contributed by atoms with Crippen LogP contribution < -0.4 is 11.1 Å². The number of nitrogens with one attached hydrogen (secondary N) is 1. The second kappa shape index (κ2) is 3.92. The van der Waals surface area contributed by atoms with Crippen molar-refractivity contribution in [3.63, 3.8) is 0 Å². The monoisotopic (exact) mass is 197 g/mol. The lowest BCUT2D eigenvalue weighted by molar-refractivity contribution is 0.418. The van der Waals surface area contributed by atoms with Gasteiger partial charge < -0.3 is 11.1 Å². The van der Waals surface area contributed by atoms with E-state index in [1.807, 2.05) is 20.8 Å². The van der Waals surface area contributed by atoms with Crippen LogP contribution in [0.25, 0.3) is 0 Å². The summed E-state index contributed by atoms with van der Waals surface area (Å²) in [6.07, 6.45) is 1.51. The average Bonchev–Trinajstić information content (AvgIpc) is 2.06. The van der Waals surface area contributed by atoms with E-state index in [9.17, 15) is 4.39 Å². The lowest BCUT2D eigenvalue weighted by Gasteiger charge is -2.20. The maximum atomic E-state index is 13.3. The molecule has 0 unspecified atom stereocenters. The third-order valence-electron chi connectivity index (χ3n) is 1.81. The van der Waals surface area contributed by atoms with Gasteiger partial charge in [0.15, 0.2) is 11.6 Å². The van der Waals surface area contributed by atoms with Gasteiger partial charge in [0.2, 0.25) is 0 Å². The second-order valence-electron chi connectivity index (χ2n) is 4.27.